The van der Waals surface area contributed by atoms with Gasteiger partial charge in [-0.05, 0) is 46.6 Å². The van der Waals surface area contributed by atoms with Crippen LogP contribution in [0, 0.1) is 5.92 Å². The summed E-state index contributed by atoms with van der Waals surface area (Å²) in [4.78, 5) is 0. The summed E-state index contributed by atoms with van der Waals surface area (Å²) < 4.78 is 7.80. The Morgan fingerprint density at radius 3 is 2.48 bits per heavy atom. The molecule has 1 saturated carbocycles. The van der Waals surface area contributed by atoms with Crippen molar-refractivity contribution in [1.82, 2.24) is 0 Å². The Bertz CT molecular complexity index is 854. The van der Waals surface area contributed by atoms with Crippen LogP contribution in [0.15, 0.2) is 54.2 Å². The van der Waals surface area contributed by atoms with E-state index in [1.54, 1.807) is 0 Å². The van der Waals surface area contributed by atoms with Crippen LogP contribution >= 0.6 is 10.3 Å². The molecule has 2 nitrogen and oxygen atoms in total. The van der Waals surface area contributed by atoms with Crippen molar-refractivity contribution < 1.29 is 9.14 Å². The molecule has 4 aliphatic rings. The lowest BCUT2D eigenvalue weighted by molar-refractivity contribution is -0.794. The molecule has 3 fully saturated rings. The van der Waals surface area contributed by atoms with Gasteiger partial charge in [-0.25, -0.2) is 0 Å². The molecule has 0 spiro atoms. The lowest BCUT2D eigenvalue weighted by Gasteiger charge is -2.34. The fourth-order valence-electron chi connectivity index (χ4n) is 5.02. The Morgan fingerprint density at radius 1 is 1.19 bits per heavy atom. The van der Waals surface area contributed by atoms with E-state index < -0.39 is 0 Å². The van der Waals surface area contributed by atoms with Crippen molar-refractivity contribution >= 4 is 22.4 Å². The molecule has 1 aromatic carbocycles. The number of rotatable bonds is 4. The number of allylic oxidation sites excluding steroid dienone is 2. The maximum absolute atomic E-state index is 6.61. The predicted molar refractivity (Wildman–Crippen MR) is 118 cm³/mol. The van der Waals surface area contributed by atoms with Crippen LogP contribution in [-0.2, 0) is 4.65 Å². The molecular weight excluding hydrogens is 349 g/mol. The molecule has 3 aliphatic heterocycles. The fraction of sp³-hybridized carbons (Fsp3) is 0.522. The molecule has 4 unspecified atom stereocenters. The van der Waals surface area contributed by atoms with E-state index in [2.05, 4.69) is 82.2 Å². The highest BCUT2D eigenvalue weighted by molar-refractivity contribution is 8.38. The molecule has 0 bridgehead atoms. The van der Waals surface area contributed by atoms with E-state index in [1.807, 2.05) is 0 Å². The van der Waals surface area contributed by atoms with Gasteiger partial charge >= 0.3 is 6.19 Å². The number of nitrogens with zero attached hydrogens (tertiary/aromatic N) is 1. The zero-order valence-corrected chi connectivity index (χ0v) is 17.8. The van der Waals surface area contributed by atoms with E-state index in [-0.39, 0.29) is 26.9 Å². The molecule has 5 rings (SSSR count). The molecule has 4 heteroatoms. The van der Waals surface area contributed by atoms with E-state index >= 15 is 0 Å². The third-order valence-corrected chi connectivity index (χ3v) is 10.3. The average Bonchev–Trinajstić information content (AvgIpc) is 3.54. The van der Waals surface area contributed by atoms with Gasteiger partial charge in [-0.1, -0.05) is 42.3 Å². The minimum Gasteiger partial charge on any atom is -0.416 e. The number of quaternary nitrogens is 1. The summed E-state index contributed by atoms with van der Waals surface area (Å²) in [6, 6.07) is 12.5. The normalized spacial score (nSPS) is 36.9. The van der Waals surface area contributed by atoms with Crippen molar-refractivity contribution in [2.45, 2.75) is 63.0 Å². The standard InChI is InChI=1S/C23H31BNOS/c1-22(2)23(3,4)27(5)24(26-22)19-13-14-20-16-25(20,15-19)21(18-11-12-18)17-9-7-6-8-10-17/h6-10,13-15,18,20-21H,5,11-12,16H2,1-4H3/q+1. The summed E-state index contributed by atoms with van der Waals surface area (Å²) in [6.45, 7) is 10.3. The van der Waals surface area contributed by atoms with Gasteiger partial charge in [-0.15, -0.1) is 0 Å². The zero-order chi connectivity index (χ0) is 19.0. The van der Waals surface area contributed by atoms with E-state index in [0.717, 1.165) is 10.4 Å². The molecule has 27 heavy (non-hydrogen) atoms. The maximum atomic E-state index is 6.61. The molecule has 2 saturated heterocycles. The molecule has 0 N–H and O–H groups in total. The quantitative estimate of drug-likeness (QED) is 0.305. The van der Waals surface area contributed by atoms with Crippen molar-refractivity contribution in [2.24, 2.45) is 5.92 Å². The lowest BCUT2D eigenvalue weighted by atomic mass is 9.82. The van der Waals surface area contributed by atoms with Gasteiger partial charge in [0.25, 0.3) is 0 Å². The van der Waals surface area contributed by atoms with Crippen LogP contribution < -0.4 is 0 Å². The first-order valence-corrected chi connectivity index (χ1v) is 11.8. The highest BCUT2D eigenvalue weighted by Crippen LogP contribution is 2.58. The van der Waals surface area contributed by atoms with Gasteiger partial charge in [0.1, 0.15) is 12.6 Å². The molecule has 3 heterocycles. The summed E-state index contributed by atoms with van der Waals surface area (Å²) in [5.41, 5.74) is 2.73. The SMILES string of the molecule is C=S1B(C2=C[N+]3(C(c4ccccc4)C4CC4)CC3C=C2)OC(C)(C)C1(C)C. The first-order chi connectivity index (χ1) is 12.8. The summed E-state index contributed by atoms with van der Waals surface area (Å²) in [5.74, 6) is 5.41. The van der Waals surface area contributed by atoms with Gasteiger partial charge in [0, 0.05) is 21.7 Å². The van der Waals surface area contributed by atoms with Gasteiger partial charge in [-0.3, -0.25) is 4.48 Å². The van der Waals surface area contributed by atoms with Crippen LogP contribution in [0.25, 0.3) is 0 Å². The van der Waals surface area contributed by atoms with Gasteiger partial charge in [0.2, 0.25) is 0 Å². The second kappa shape index (κ2) is 5.71. The molecule has 4 atom stereocenters. The number of hydrogen-bond donors (Lipinski definition) is 0. The minimum absolute atomic E-state index is 0.0572. The molecule has 0 aromatic heterocycles. The summed E-state index contributed by atoms with van der Waals surface area (Å²) in [7, 11) is -0.0572. The Hall–Kier alpha value is -1.10. The van der Waals surface area contributed by atoms with Gasteiger partial charge in [0.05, 0.1) is 11.8 Å². The lowest BCUT2D eigenvalue weighted by Crippen LogP contribution is -2.39. The van der Waals surface area contributed by atoms with Crippen molar-refractivity contribution in [3.63, 3.8) is 0 Å². The van der Waals surface area contributed by atoms with Crippen LogP contribution in [0.5, 0.6) is 0 Å². The monoisotopic (exact) mass is 380 g/mol. The smallest absolute Gasteiger partial charge is 0.398 e. The fourth-order valence-corrected chi connectivity index (χ4v) is 7.06. The number of fused-ring (bicyclic) bond motifs is 1. The Labute approximate surface area is 166 Å². The third-order valence-electron chi connectivity index (χ3n) is 7.65. The topological polar surface area (TPSA) is 9.23 Å². The van der Waals surface area contributed by atoms with Crippen LogP contribution in [0.2, 0.25) is 0 Å². The van der Waals surface area contributed by atoms with Crippen molar-refractivity contribution in [2.75, 3.05) is 6.54 Å². The number of hydrogen-bond acceptors (Lipinski definition) is 1. The molecule has 0 amide bonds. The molecule has 1 aromatic rings. The molecule has 0 radical (unpaired) electrons. The highest BCUT2D eigenvalue weighted by atomic mass is 32.2. The van der Waals surface area contributed by atoms with Crippen LogP contribution in [-0.4, -0.2) is 39.5 Å². The van der Waals surface area contributed by atoms with Gasteiger partial charge < -0.3 is 4.65 Å². The molecule has 142 valence electrons. The van der Waals surface area contributed by atoms with E-state index in [1.165, 1.54) is 30.4 Å². The van der Waals surface area contributed by atoms with Gasteiger partial charge in [0.15, 0.2) is 6.04 Å². The second-order valence-electron chi connectivity index (χ2n) is 9.83. The van der Waals surface area contributed by atoms with Crippen molar-refractivity contribution in [3.05, 3.63) is 59.7 Å². The molecular formula is C23H31BNOS+. The van der Waals surface area contributed by atoms with Crippen molar-refractivity contribution in [3.8, 4) is 0 Å². The molecule has 1 aliphatic carbocycles. The van der Waals surface area contributed by atoms with Crippen LogP contribution in [0.3, 0.4) is 0 Å². The zero-order valence-electron chi connectivity index (χ0n) is 17.0. The first kappa shape index (κ1) is 18.0. The van der Waals surface area contributed by atoms with Crippen LogP contribution in [0.4, 0.5) is 0 Å². The van der Waals surface area contributed by atoms with E-state index in [0.29, 0.717) is 12.1 Å². The largest absolute Gasteiger partial charge is 0.416 e. The van der Waals surface area contributed by atoms with Crippen molar-refractivity contribution in [1.29, 1.82) is 0 Å². The van der Waals surface area contributed by atoms with Crippen LogP contribution in [0.1, 0.15) is 52.1 Å². The third kappa shape index (κ3) is 2.60. The summed E-state index contributed by atoms with van der Waals surface area (Å²) in [6.07, 6.45) is 10.2. The Morgan fingerprint density at radius 2 is 1.89 bits per heavy atom. The Kier molecular flexibility index (Phi) is 3.80. The van der Waals surface area contributed by atoms with Gasteiger partial charge in [-0.2, -0.15) is 10.3 Å². The van der Waals surface area contributed by atoms with E-state index in [9.17, 15) is 0 Å². The first-order valence-electron chi connectivity index (χ1n) is 10.3. The minimum atomic E-state index is -0.146. The maximum Gasteiger partial charge on any atom is 0.398 e. The predicted octanol–water partition coefficient (Wildman–Crippen LogP) is 5.11. The van der Waals surface area contributed by atoms with E-state index in [4.69, 9.17) is 4.65 Å². The Balaban J connectivity index is 1.52. The summed E-state index contributed by atoms with van der Waals surface area (Å²) in [5, 5.41) is 0. The average molecular weight is 380 g/mol. The highest BCUT2D eigenvalue weighted by Gasteiger charge is 2.64. The second-order valence-corrected chi connectivity index (χ2v) is 12.1. The summed E-state index contributed by atoms with van der Waals surface area (Å²) >= 11 is 0. The number of benzene rings is 1.